The summed E-state index contributed by atoms with van der Waals surface area (Å²) in [6.07, 6.45) is 3.80. The molecule has 20 heavy (non-hydrogen) atoms. The zero-order chi connectivity index (χ0) is 14.5. The molecule has 1 fully saturated rings. The van der Waals surface area contributed by atoms with Crippen molar-refractivity contribution in [1.82, 2.24) is 5.43 Å². The van der Waals surface area contributed by atoms with Crippen LogP contribution in [-0.2, 0) is 0 Å². The summed E-state index contributed by atoms with van der Waals surface area (Å²) in [5.74, 6) is 8.76. The molecule has 1 aliphatic carbocycles. The van der Waals surface area contributed by atoms with Crippen LogP contribution in [0.5, 0.6) is 0 Å². The van der Waals surface area contributed by atoms with Crippen LogP contribution in [0.25, 0.3) is 0 Å². The quantitative estimate of drug-likeness (QED) is 0.493. The Morgan fingerprint density at radius 1 is 1.25 bits per heavy atom. The maximum atomic E-state index is 12.9. The van der Waals surface area contributed by atoms with Crippen molar-refractivity contribution in [3.05, 3.63) is 30.1 Å². The van der Waals surface area contributed by atoms with Crippen molar-refractivity contribution in [2.75, 3.05) is 5.75 Å². The van der Waals surface area contributed by atoms with Crippen molar-refractivity contribution in [3.63, 3.8) is 0 Å². The Labute approximate surface area is 125 Å². The molecule has 0 spiro atoms. The predicted molar refractivity (Wildman–Crippen MR) is 83.9 cm³/mol. The molecule has 1 aromatic carbocycles. The van der Waals surface area contributed by atoms with Gasteiger partial charge in [0.05, 0.1) is 0 Å². The molecule has 2 nitrogen and oxygen atoms in total. The lowest BCUT2D eigenvalue weighted by Gasteiger charge is -2.36. The van der Waals surface area contributed by atoms with E-state index in [9.17, 15) is 4.39 Å². The Morgan fingerprint density at radius 3 is 2.55 bits per heavy atom. The third-order valence-corrected chi connectivity index (χ3v) is 5.80. The van der Waals surface area contributed by atoms with Crippen LogP contribution in [-0.4, -0.2) is 11.8 Å². The largest absolute Gasteiger partial charge is 0.271 e. The van der Waals surface area contributed by atoms with Crippen molar-refractivity contribution in [1.29, 1.82) is 0 Å². The fourth-order valence-corrected chi connectivity index (χ4v) is 4.06. The summed E-state index contributed by atoms with van der Waals surface area (Å²) in [6.45, 7) is 4.69. The molecule has 112 valence electrons. The summed E-state index contributed by atoms with van der Waals surface area (Å²) < 4.78 is 12.9. The molecule has 0 radical (unpaired) electrons. The highest BCUT2D eigenvalue weighted by atomic mass is 32.2. The van der Waals surface area contributed by atoms with Gasteiger partial charge in [-0.05, 0) is 54.9 Å². The van der Waals surface area contributed by atoms with Gasteiger partial charge in [-0.3, -0.25) is 11.3 Å². The fraction of sp³-hybridized carbons (Fsp3) is 0.625. The van der Waals surface area contributed by atoms with Crippen molar-refractivity contribution in [3.8, 4) is 0 Å². The molecule has 1 aliphatic rings. The van der Waals surface area contributed by atoms with E-state index >= 15 is 0 Å². The van der Waals surface area contributed by atoms with Gasteiger partial charge in [-0.2, -0.15) is 0 Å². The van der Waals surface area contributed by atoms with E-state index in [0.717, 1.165) is 22.5 Å². The van der Waals surface area contributed by atoms with Gasteiger partial charge >= 0.3 is 0 Å². The molecule has 0 aromatic heterocycles. The molecule has 1 aromatic rings. The summed E-state index contributed by atoms with van der Waals surface area (Å²) >= 11 is 1.75. The average Bonchev–Trinajstić information content (AvgIpc) is 2.45. The molecule has 4 heteroatoms. The molecular weight excluding hydrogens is 271 g/mol. The van der Waals surface area contributed by atoms with Crippen LogP contribution < -0.4 is 11.3 Å². The molecule has 0 bridgehead atoms. The Morgan fingerprint density at radius 2 is 1.95 bits per heavy atom. The SMILES string of the molecule is CC1CCC(C(CSc2ccc(F)cc2)NN)CC1C. The number of halogens is 1. The summed E-state index contributed by atoms with van der Waals surface area (Å²) in [4.78, 5) is 1.10. The molecule has 3 N–H and O–H groups in total. The van der Waals surface area contributed by atoms with Crippen LogP contribution in [0.15, 0.2) is 29.2 Å². The van der Waals surface area contributed by atoms with Crippen molar-refractivity contribution < 1.29 is 4.39 Å². The number of rotatable bonds is 5. The van der Waals surface area contributed by atoms with Crippen molar-refractivity contribution >= 4 is 11.8 Å². The van der Waals surface area contributed by atoms with Gasteiger partial charge in [0.2, 0.25) is 0 Å². The van der Waals surface area contributed by atoms with Crippen LogP contribution in [0.3, 0.4) is 0 Å². The van der Waals surface area contributed by atoms with E-state index in [0.29, 0.717) is 12.0 Å². The molecule has 0 amide bonds. The lowest BCUT2D eigenvalue weighted by atomic mass is 9.73. The normalized spacial score (nSPS) is 28.3. The molecule has 0 aliphatic heterocycles. The molecular formula is C16H25FN2S. The number of thioether (sulfide) groups is 1. The van der Waals surface area contributed by atoms with Gasteiger partial charge in [0.15, 0.2) is 0 Å². The Hall–Kier alpha value is -0.580. The summed E-state index contributed by atoms with van der Waals surface area (Å²) in [5, 5.41) is 0. The average molecular weight is 296 g/mol. The van der Waals surface area contributed by atoms with E-state index < -0.39 is 0 Å². The molecule has 4 unspecified atom stereocenters. The highest BCUT2D eigenvalue weighted by molar-refractivity contribution is 7.99. The fourth-order valence-electron chi connectivity index (χ4n) is 2.99. The van der Waals surface area contributed by atoms with Gasteiger partial charge in [0.1, 0.15) is 5.82 Å². The summed E-state index contributed by atoms with van der Waals surface area (Å²) in [5.41, 5.74) is 2.99. The lowest BCUT2D eigenvalue weighted by Crippen LogP contribution is -2.45. The van der Waals surface area contributed by atoms with E-state index in [1.54, 1.807) is 11.8 Å². The van der Waals surface area contributed by atoms with Gasteiger partial charge in [0.25, 0.3) is 0 Å². The zero-order valence-electron chi connectivity index (χ0n) is 12.3. The number of hydrogen-bond acceptors (Lipinski definition) is 3. The minimum Gasteiger partial charge on any atom is -0.271 e. The number of benzene rings is 1. The Balaban J connectivity index is 1.87. The Bertz CT molecular complexity index is 409. The van der Waals surface area contributed by atoms with Crippen LogP contribution in [0.4, 0.5) is 4.39 Å². The molecule has 1 saturated carbocycles. The first-order chi connectivity index (χ1) is 9.60. The topological polar surface area (TPSA) is 38.0 Å². The third-order valence-electron chi connectivity index (χ3n) is 4.67. The van der Waals surface area contributed by atoms with Gasteiger partial charge in [-0.25, -0.2) is 4.39 Å². The Kier molecular flexibility index (Phi) is 5.87. The zero-order valence-corrected chi connectivity index (χ0v) is 13.1. The monoisotopic (exact) mass is 296 g/mol. The lowest BCUT2D eigenvalue weighted by molar-refractivity contribution is 0.179. The summed E-state index contributed by atoms with van der Waals surface area (Å²) in [6, 6.07) is 7.02. The van der Waals surface area contributed by atoms with Crippen LogP contribution in [0.1, 0.15) is 33.1 Å². The molecule has 4 atom stereocenters. The van der Waals surface area contributed by atoms with E-state index in [1.807, 2.05) is 12.1 Å². The van der Waals surface area contributed by atoms with Crippen molar-refractivity contribution in [2.45, 2.75) is 44.0 Å². The third kappa shape index (κ3) is 4.21. The first-order valence-corrected chi connectivity index (χ1v) is 8.43. The highest BCUT2D eigenvalue weighted by Crippen LogP contribution is 2.36. The van der Waals surface area contributed by atoms with Gasteiger partial charge in [0, 0.05) is 16.7 Å². The maximum Gasteiger partial charge on any atom is 0.123 e. The number of hydrogen-bond donors (Lipinski definition) is 2. The van der Waals surface area contributed by atoms with Crippen LogP contribution >= 0.6 is 11.8 Å². The minimum absolute atomic E-state index is 0.182. The van der Waals surface area contributed by atoms with Crippen LogP contribution in [0.2, 0.25) is 0 Å². The predicted octanol–water partition coefficient (Wildman–Crippen LogP) is 3.82. The first-order valence-electron chi connectivity index (χ1n) is 7.44. The minimum atomic E-state index is -0.182. The van der Waals surface area contributed by atoms with E-state index in [4.69, 9.17) is 5.84 Å². The molecule has 0 heterocycles. The number of hydrazine groups is 1. The van der Waals surface area contributed by atoms with E-state index in [1.165, 1.54) is 31.4 Å². The van der Waals surface area contributed by atoms with Crippen LogP contribution in [0, 0.1) is 23.6 Å². The van der Waals surface area contributed by atoms with E-state index in [-0.39, 0.29) is 5.82 Å². The van der Waals surface area contributed by atoms with E-state index in [2.05, 4.69) is 19.3 Å². The number of nitrogens with one attached hydrogen (secondary N) is 1. The number of nitrogens with two attached hydrogens (primary N) is 1. The maximum absolute atomic E-state index is 12.9. The molecule has 2 rings (SSSR count). The van der Waals surface area contributed by atoms with Gasteiger partial charge in [-0.1, -0.05) is 20.3 Å². The standard InChI is InChI=1S/C16H25FN2S/c1-11-3-4-13(9-12(11)2)16(19-18)10-20-15-7-5-14(17)6-8-15/h5-8,11-13,16,19H,3-4,9-10,18H2,1-2H3. The highest BCUT2D eigenvalue weighted by Gasteiger charge is 2.29. The van der Waals surface area contributed by atoms with Crippen molar-refractivity contribution in [2.24, 2.45) is 23.6 Å². The second kappa shape index (κ2) is 7.43. The van der Waals surface area contributed by atoms with Gasteiger partial charge < -0.3 is 0 Å². The smallest absolute Gasteiger partial charge is 0.123 e. The molecule has 0 saturated heterocycles. The first kappa shape index (κ1) is 15.8. The van der Waals surface area contributed by atoms with Gasteiger partial charge in [-0.15, -0.1) is 11.8 Å². The second-order valence-electron chi connectivity index (χ2n) is 6.07. The second-order valence-corrected chi connectivity index (χ2v) is 7.16. The summed E-state index contributed by atoms with van der Waals surface area (Å²) in [7, 11) is 0.